The summed E-state index contributed by atoms with van der Waals surface area (Å²) < 4.78 is 5.05. The minimum atomic E-state index is -0.324. The molecule has 2 rings (SSSR count). The zero-order chi connectivity index (χ0) is 14.8. The third-order valence-corrected chi connectivity index (χ3v) is 6.00. The number of nitrogens with two attached hydrogens (primary N) is 1. The Morgan fingerprint density at radius 1 is 1.50 bits per heavy atom. The van der Waals surface area contributed by atoms with Gasteiger partial charge in [0.25, 0.3) is 0 Å². The Kier molecular flexibility index (Phi) is 4.86. The van der Waals surface area contributed by atoms with Crippen LogP contribution in [-0.4, -0.2) is 25.4 Å². The van der Waals surface area contributed by atoms with Gasteiger partial charge in [-0.25, -0.2) is 4.79 Å². The molecule has 1 aliphatic rings. The van der Waals surface area contributed by atoms with Gasteiger partial charge < -0.3 is 15.8 Å². The number of carbonyl (C=O) groups excluding carboxylic acids is 1. The van der Waals surface area contributed by atoms with Gasteiger partial charge in [-0.15, -0.1) is 23.1 Å². The number of nitrogen functional groups attached to an aromatic ring is 1. The van der Waals surface area contributed by atoms with Crippen LogP contribution in [0, 0.1) is 5.41 Å². The Labute approximate surface area is 128 Å². The van der Waals surface area contributed by atoms with Gasteiger partial charge in [-0.3, -0.25) is 0 Å². The van der Waals surface area contributed by atoms with Crippen LogP contribution in [0.4, 0.5) is 10.7 Å². The molecule has 0 amide bonds. The third kappa shape index (κ3) is 3.06. The Hall–Kier alpha value is -0.880. The van der Waals surface area contributed by atoms with E-state index in [4.69, 9.17) is 10.5 Å². The summed E-state index contributed by atoms with van der Waals surface area (Å²) in [5, 5.41) is 4.48. The average Bonchev–Trinajstić information content (AvgIpc) is 3.15. The van der Waals surface area contributed by atoms with E-state index in [-0.39, 0.29) is 5.97 Å². The number of anilines is 2. The van der Waals surface area contributed by atoms with Crippen molar-refractivity contribution in [2.75, 3.05) is 30.5 Å². The number of nitrogens with one attached hydrogen (secondary N) is 1. The molecule has 0 unspecified atom stereocenters. The SMILES string of the molecule is CCOC(=O)c1sc(NCC2(CC)CC2)c(SC)c1N. The second-order valence-corrected chi connectivity index (χ2v) is 6.97. The first-order chi connectivity index (χ1) is 9.56. The molecular weight excluding hydrogens is 292 g/mol. The molecule has 6 heteroatoms. The number of thioether (sulfide) groups is 1. The number of rotatable bonds is 7. The highest BCUT2D eigenvalue weighted by molar-refractivity contribution is 7.99. The number of hydrogen-bond donors (Lipinski definition) is 2. The molecule has 0 atom stereocenters. The van der Waals surface area contributed by atoms with Gasteiger partial charge in [0, 0.05) is 6.54 Å². The van der Waals surface area contributed by atoms with Crippen molar-refractivity contribution in [3.63, 3.8) is 0 Å². The van der Waals surface area contributed by atoms with E-state index >= 15 is 0 Å². The van der Waals surface area contributed by atoms with Gasteiger partial charge in [0.05, 0.1) is 17.2 Å². The maximum absolute atomic E-state index is 11.9. The Balaban J connectivity index is 2.15. The van der Waals surface area contributed by atoms with E-state index in [2.05, 4.69) is 12.2 Å². The third-order valence-electron chi connectivity index (χ3n) is 3.90. The van der Waals surface area contributed by atoms with Crippen molar-refractivity contribution in [1.82, 2.24) is 0 Å². The smallest absolute Gasteiger partial charge is 0.350 e. The minimum absolute atomic E-state index is 0.324. The van der Waals surface area contributed by atoms with Gasteiger partial charge in [0.1, 0.15) is 9.88 Å². The second kappa shape index (κ2) is 6.26. The topological polar surface area (TPSA) is 64.3 Å². The van der Waals surface area contributed by atoms with E-state index in [0.29, 0.717) is 22.6 Å². The molecule has 1 aliphatic carbocycles. The summed E-state index contributed by atoms with van der Waals surface area (Å²) in [5.74, 6) is -0.324. The molecule has 20 heavy (non-hydrogen) atoms. The molecule has 0 saturated heterocycles. The monoisotopic (exact) mass is 314 g/mol. The van der Waals surface area contributed by atoms with Crippen LogP contribution in [0.25, 0.3) is 0 Å². The van der Waals surface area contributed by atoms with E-state index in [1.54, 1.807) is 18.7 Å². The van der Waals surface area contributed by atoms with Crippen LogP contribution in [0.15, 0.2) is 4.90 Å². The van der Waals surface area contributed by atoms with Crippen molar-refractivity contribution >= 4 is 39.8 Å². The fourth-order valence-corrected chi connectivity index (χ4v) is 4.12. The first kappa shape index (κ1) is 15.5. The molecule has 0 bridgehead atoms. The first-order valence-corrected chi connectivity index (χ1v) is 8.98. The van der Waals surface area contributed by atoms with Gasteiger partial charge in [-0.1, -0.05) is 6.92 Å². The fraction of sp³-hybridized carbons (Fsp3) is 0.643. The summed E-state index contributed by atoms with van der Waals surface area (Å²) in [6.45, 7) is 5.36. The summed E-state index contributed by atoms with van der Waals surface area (Å²) in [7, 11) is 0. The Morgan fingerprint density at radius 3 is 2.70 bits per heavy atom. The van der Waals surface area contributed by atoms with Crippen molar-refractivity contribution < 1.29 is 9.53 Å². The van der Waals surface area contributed by atoms with Crippen LogP contribution < -0.4 is 11.1 Å². The minimum Gasteiger partial charge on any atom is -0.462 e. The Morgan fingerprint density at radius 2 is 2.20 bits per heavy atom. The number of esters is 1. The largest absolute Gasteiger partial charge is 0.462 e. The molecule has 1 heterocycles. The maximum atomic E-state index is 11.9. The van der Waals surface area contributed by atoms with Crippen molar-refractivity contribution in [1.29, 1.82) is 0 Å². The number of carbonyl (C=O) groups is 1. The molecule has 1 aromatic rings. The zero-order valence-electron chi connectivity index (χ0n) is 12.2. The molecule has 0 aliphatic heterocycles. The van der Waals surface area contributed by atoms with Crippen LogP contribution in [0.3, 0.4) is 0 Å². The van der Waals surface area contributed by atoms with Gasteiger partial charge in [-0.2, -0.15) is 0 Å². The van der Waals surface area contributed by atoms with Crippen molar-refractivity contribution in [2.24, 2.45) is 5.41 Å². The summed E-state index contributed by atoms with van der Waals surface area (Å²) in [5.41, 5.74) is 7.09. The molecular formula is C14H22N2O2S2. The first-order valence-electron chi connectivity index (χ1n) is 6.94. The number of ether oxygens (including phenoxy) is 1. The number of hydrogen-bond acceptors (Lipinski definition) is 6. The Bertz CT molecular complexity index is 496. The van der Waals surface area contributed by atoms with Crippen molar-refractivity contribution in [2.45, 2.75) is 38.0 Å². The predicted octanol–water partition coefficient (Wildman–Crippen LogP) is 3.83. The fourth-order valence-electron chi connectivity index (χ4n) is 2.20. The highest BCUT2D eigenvalue weighted by Crippen LogP contribution is 2.50. The van der Waals surface area contributed by atoms with Gasteiger partial charge in [-0.05, 0) is 37.9 Å². The zero-order valence-corrected chi connectivity index (χ0v) is 13.9. The maximum Gasteiger partial charge on any atom is 0.350 e. The lowest BCUT2D eigenvalue weighted by molar-refractivity contribution is 0.0533. The molecule has 1 aromatic heterocycles. The molecule has 3 N–H and O–H groups in total. The van der Waals surface area contributed by atoms with Gasteiger partial charge in [0.2, 0.25) is 0 Å². The summed E-state index contributed by atoms with van der Waals surface area (Å²) in [6.07, 6.45) is 5.75. The van der Waals surface area contributed by atoms with Crippen LogP contribution >= 0.6 is 23.1 Å². The van der Waals surface area contributed by atoms with Gasteiger partial charge >= 0.3 is 5.97 Å². The number of thiophene rings is 1. The van der Waals surface area contributed by atoms with Crippen molar-refractivity contribution in [3.8, 4) is 0 Å². The van der Waals surface area contributed by atoms with Crippen LogP contribution in [0.1, 0.15) is 42.8 Å². The van der Waals surface area contributed by atoms with E-state index in [1.807, 2.05) is 6.26 Å². The molecule has 112 valence electrons. The molecule has 1 saturated carbocycles. The van der Waals surface area contributed by atoms with E-state index in [9.17, 15) is 4.79 Å². The highest BCUT2D eigenvalue weighted by atomic mass is 32.2. The lowest BCUT2D eigenvalue weighted by Gasteiger charge is -2.14. The quantitative estimate of drug-likeness (QED) is 0.591. The summed E-state index contributed by atoms with van der Waals surface area (Å²) in [6, 6.07) is 0. The molecule has 4 nitrogen and oxygen atoms in total. The summed E-state index contributed by atoms with van der Waals surface area (Å²) in [4.78, 5) is 13.4. The van der Waals surface area contributed by atoms with E-state index in [1.165, 1.54) is 30.6 Å². The molecule has 0 aromatic carbocycles. The second-order valence-electron chi connectivity index (χ2n) is 5.13. The predicted molar refractivity (Wildman–Crippen MR) is 86.9 cm³/mol. The lowest BCUT2D eigenvalue weighted by atomic mass is 10.0. The molecule has 1 fully saturated rings. The van der Waals surface area contributed by atoms with E-state index < -0.39 is 0 Å². The normalized spacial score (nSPS) is 15.9. The molecule has 0 spiro atoms. The standard InChI is InChI=1S/C14H22N2O2S2/c1-4-14(6-7-14)8-16-12-10(19-3)9(15)11(20-12)13(17)18-5-2/h16H,4-8,15H2,1-3H3. The van der Waals surface area contributed by atoms with Crippen LogP contribution in [0.2, 0.25) is 0 Å². The van der Waals surface area contributed by atoms with Crippen molar-refractivity contribution in [3.05, 3.63) is 4.88 Å². The summed E-state index contributed by atoms with van der Waals surface area (Å²) >= 11 is 2.98. The highest BCUT2D eigenvalue weighted by Gasteiger charge is 2.40. The van der Waals surface area contributed by atoms with E-state index in [0.717, 1.165) is 16.4 Å². The van der Waals surface area contributed by atoms with Crippen LogP contribution in [0.5, 0.6) is 0 Å². The van der Waals surface area contributed by atoms with Gasteiger partial charge in [0.15, 0.2) is 0 Å². The van der Waals surface area contributed by atoms with Crippen LogP contribution in [-0.2, 0) is 4.74 Å². The molecule has 0 radical (unpaired) electrons. The average molecular weight is 314 g/mol. The lowest BCUT2D eigenvalue weighted by Crippen LogP contribution is -2.13.